The molecule has 1 unspecified atom stereocenters. The Morgan fingerprint density at radius 3 is 2.33 bits per heavy atom. The van der Waals surface area contributed by atoms with Gasteiger partial charge >= 0.3 is 0 Å². The number of anilines is 1. The van der Waals surface area contributed by atoms with Gasteiger partial charge in [-0.3, -0.25) is 9.69 Å². The normalized spacial score (nSPS) is 19.0. The third-order valence-corrected chi connectivity index (χ3v) is 5.20. The average molecular weight is 331 g/mol. The predicted molar refractivity (Wildman–Crippen MR) is 103 cm³/mol. The highest BCUT2D eigenvalue weighted by Crippen LogP contribution is 2.32. The van der Waals surface area contributed by atoms with E-state index in [9.17, 15) is 4.79 Å². The van der Waals surface area contributed by atoms with E-state index in [4.69, 9.17) is 0 Å². The molecule has 0 radical (unpaired) electrons. The molecule has 3 heteroatoms. The van der Waals surface area contributed by atoms with E-state index in [0.29, 0.717) is 24.4 Å². The summed E-state index contributed by atoms with van der Waals surface area (Å²) < 4.78 is 0. The molecule has 24 heavy (non-hydrogen) atoms. The zero-order chi connectivity index (χ0) is 17.7. The van der Waals surface area contributed by atoms with Crippen LogP contribution < -0.4 is 5.32 Å². The Balaban J connectivity index is 2.15. The maximum absolute atomic E-state index is 12.7. The second-order valence-corrected chi connectivity index (χ2v) is 7.70. The lowest BCUT2D eigenvalue weighted by molar-refractivity contribution is -0.118. The highest BCUT2D eigenvalue weighted by Gasteiger charge is 2.23. The quantitative estimate of drug-likeness (QED) is 0.783. The number of hydrogen-bond acceptors (Lipinski definition) is 2. The lowest BCUT2D eigenvalue weighted by Crippen LogP contribution is -2.43. The van der Waals surface area contributed by atoms with Crippen molar-refractivity contribution >= 4 is 11.6 Å². The number of carbonyl (C=O) groups excluding carboxylic acids is 1. The molecule has 0 bridgehead atoms. The van der Waals surface area contributed by atoms with Gasteiger partial charge in [-0.1, -0.05) is 59.2 Å². The summed E-state index contributed by atoms with van der Waals surface area (Å²) in [6.07, 6.45) is 4.87. The minimum atomic E-state index is 0.130. The van der Waals surface area contributed by atoms with Crippen molar-refractivity contribution in [3.8, 4) is 0 Å². The SMILES string of the molecule is CCC1CCCCN1CC(=O)Nc1c(C(C)C)cccc1C(C)C. The van der Waals surface area contributed by atoms with Crippen molar-refractivity contribution in [3.63, 3.8) is 0 Å². The lowest BCUT2D eigenvalue weighted by atomic mass is 9.92. The first-order chi connectivity index (χ1) is 11.4. The van der Waals surface area contributed by atoms with Gasteiger partial charge in [0.15, 0.2) is 0 Å². The zero-order valence-corrected chi connectivity index (χ0v) is 16.1. The molecule has 0 aromatic heterocycles. The summed E-state index contributed by atoms with van der Waals surface area (Å²) in [6.45, 7) is 12.5. The van der Waals surface area contributed by atoms with Gasteiger partial charge in [-0.2, -0.15) is 0 Å². The van der Waals surface area contributed by atoms with Crippen molar-refractivity contribution in [3.05, 3.63) is 29.3 Å². The molecule has 1 aromatic carbocycles. The lowest BCUT2D eigenvalue weighted by Gasteiger charge is -2.34. The number of piperidine rings is 1. The summed E-state index contributed by atoms with van der Waals surface area (Å²) in [5.41, 5.74) is 3.51. The summed E-state index contributed by atoms with van der Waals surface area (Å²) in [6, 6.07) is 6.96. The molecule has 1 amide bonds. The maximum atomic E-state index is 12.7. The molecule has 2 rings (SSSR count). The molecular weight excluding hydrogens is 296 g/mol. The standard InChI is InChI=1S/C21H34N2O/c1-6-17-10-7-8-13-23(17)14-20(24)22-21-18(15(2)3)11-9-12-19(21)16(4)5/h9,11-12,15-17H,6-8,10,13-14H2,1-5H3,(H,22,24). The van der Waals surface area contributed by atoms with Crippen LogP contribution in [0.15, 0.2) is 18.2 Å². The summed E-state index contributed by atoms with van der Waals surface area (Å²) in [7, 11) is 0. The van der Waals surface area contributed by atoms with E-state index in [-0.39, 0.29) is 5.91 Å². The number of amides is 1. The van der Waals surface area contributed by atoms with Crippen LogP contribution in [0.2, 0.25) is 0 Å². The van der Waals surface area contributed by atoms with Crippen molar-refractivity contribution in [1.82, 2.24) is 4.90 Å². The fourth-order valence-electron chi connectivity index (χ4n) is 3.79. The molecule has 1 aliphatic rings. The van der Waals surface area contributed by atoms with Gasteiger partial charge in [0.2, 0.25) is 5.91 Å². The molecule has 1 saturated heterocycles. The molecule has 1 N–H and O–H groups in total. The number of hydrogen-bond donors (Lipinski definition) is 1. The second kappa shape index (κ2) is 8.66. The Bertz CT molecular complexity index is 525. The Kier molecular flexibility index (Phi) is 6.85. The van der Waals surface area contributed by atoms with Crippen LogP contribution in [0.25, 0.3) is 0 Å². The topological polar surface area (TPSA) is 32.3 Å². The fraction of sp³-hybridized carbons (Fsp3) is 0.667. The second-order valence-electron chi connectivity index (χ2n) is 7.70. The molecule has 1 aliphatic heterocycles. The Morgan fingerprint density at radius 2 is 1.79 bits per heavy atom. The van der Waals surface area contributed by atoms with E-state index in [1.807, 2.05) is 0 Å². The van der Waals surface area contributed by atoms with Gasteiger partial charge in [-0.15, -0.1) is 0 Å². The van der Waals surface area contributed by atoms with Crippen LogP contribution in [0.1, 0.15) is 83.3 Å². The van der Waals surface area contributed by atoms with Crippen LogP contribution in [-0.4, -0.2) is 29.9 Å². The highest BCUT2D eigenvalue weighted by molar-refractivity contribution is 5.94. The molecular formula is C21H34N2O. The van der Waals surface area contributed by atoms with Gasteiger partial charge in [-0.05, 0) is 48.8 Å². The molecule has 0 saturated carbocycles. The molecule has 1 atom stereocenters. The summed E-state index contributed by atoms with van der Waals surface area (Å²) in [5, 5.41) is 3.25. The number of para-hydroxylation sites is 1. The van der Waals surface area contributed by atoms with E-state index >= 15 is 0 Å². The monoisotopic (exact) mass is 330 g/mol. The minimum absolute atomic E-state index is 0.130. The van der Waals surface area contributed by atoms with Crippen LogP contribution in [0.5, 0.6) is 0 Å². The number of nitrogens with zero attached hydrogens (tertiary/aromatic N) is 1. The average Bonchev–Trinajstić information content (AvgIpc) is 2.55. The van der Waals surface area contributed by atoms with Gasteiger partial charge in [0.25, 0.3) is 0 Å². The predicted octanol–water partition coefficient (Wildman–Crippen LogP) is 5.14. The van der Waals surface area contributed by atoms with E-state index < -0.39 is 0 Å². The van der Waals surface area contributed by atoms with Gasteiger partial charge in [0, 0.05) is 11.7 Å². The van der Waals surface area contributed by atoms with Gasteiger partial charge in [0.1, 0.15) is 0 Å². The number of carbonyl (C=O) groups is 1. The number of nitrogens with one attached hydrogen (secondary N) is 1. The third kappa shape index (κ3) is 4.60. The molecule has 1 fully saturated rings. The van der Waals surface area contributed by atoms with Gasteiger partial charge < -0.3 is 5.32 Å². The zero-order valence-electron chi connectivity index (χ0n) is 16.1. The Morgan fingerprint density at radius 1 is 1.17 bits per heavy atom. The maximum Gasteiger partial charge on any atom is 0.238 e. The van der Waals surface area contributed by atoms with Crippen molar-refractivity contribution < 1.29 is 4.79 Å². The fourth-order valence-corrected chi connectivity index (χ4v) is 3.79. The van der Waals surface area contributed by atoms with Crippen LogP contribution in [0.4, 0.5) is 5.69 Å². The van der Waals surface area contributed by atoms with Crippen molar-refractivity contribution in [1.29, 1.82) is 0 Å². The first-order valence-corrected chi connectivity index (χ1v) is 9.60. The molecule has 0 aliphatic carbocycles. The smallest absolute Gasteiger partial charge is 0.238 e. The Hall–Kier alpha value is -1.35. The van der Waals surface area contributed by atoms with E-state index in [2.05, 4.69) is 63.0 Å². The first-order valence-electron chi connectivity index (χ1n) is 9.60. The van der Waals surface area contributed by atoms with E-state index in [1.54, 1.807) is 0 Å². The molecule has 1 aromatic rings. The third-order valence-electron chi connectivity index (χ3n) is 5.20. The molecule has 134 valence electrons. The summed E-state index contributed by atoms with van der Waals surface area (Å²) >= 11 is 0. The summed E-state index contributed by atoms with van der Waals surface area (Å²) in [4.78, 5) is 15.1. The van der Waals surface area contributed by atoms with Crippen LogP contribution in [0.3, 0.4) is 0 Å². The van der Waals surface area contributed by atoms with Crippen molar-refractivity contribution in [2.75, 3.05) is 18.4 Å². The minimum Gasteiger partial charge on any atom is -0.324 e. The molecule has 1 heterocycles. The highest BCUT2D eigenvalue weighted by atomic mass is 16.2. The van der Waals surface area contributed by atoms with Crippen molar-refractivity contribution in [2.45, 2.75) is 78.2 Å². The van der Waals surface area contributed by atoms with Crippen LogP contribution in [-0.2, 0) is 4.79 Å². The van der Waals surface area contributed by atoms with E-state index in [1.165, 1.54) is 30.4 Å². The molecule has 3 nitrogen and oxygen atoms in total. The largest absolute Gasteiger partial charge is 0.324 e. The summed E-state index contributed by atoms with van der Waals surface area (Å²) in [5.74, 6) is 0.931. The Labute approximate surface area is 147 Å². The van der Waals surface area contributed by atoms with E-state index in [0.717, 1.165) is 18.7 Å². The number of rotatable bonds is 6. The van der Waals surface area contributed by atoms with Crippen LogP contribution >= 0.6 is 0 Å². The van der Waals surface area contributed by atoms with Gasteiger partial charge in [0.05, 0.1) is 6.54 Å². The number of benzene rings is 1. The van der Waals surface area contributed by atoms with Crippen LogP contribution in [0, 0.1) is 0 Å². The molecule has 0 spiro atoms. The van der Waals surface area contributed by atoms with Gasteiger partial charge in [-0.25, -0.2) is 0 Å². The van der Waals surface area contributed by atoms with Crippen molar-refractivity contribution in [2.24, 2.45) is 0 Å². The number of likely N-dealkylation sites (tertiary alicyclic amines) is 1. The first kappa shape index (κ1) is 19.0.